The Bertz CT molecular complexity index is 405. The third-order valence-corrected chi connectivity index (χ3v) is 3.78. The van der Waals surface area contributed by atoms with Crippen LogP contribution in [0.2, 0.25) is 0 Å². The van der Waals surface area contributed by atoms with Gasteiger partial charge < -0.3 is 15.2 Å². The van der Waals surface area contributed by atoms with E-state index in [4.69, 9.17) is 4.74 Å². The summed E-state index contributed by atoms with van der Waals surface area (Å²) in [5.74, 6) is 0. The zero-order chi connectivity index (χ0) is 14.6. The summed E-state index contributed by atoms with van der Waals surface area (Å²) >= 11 is 0. The van der Waals surface area contributed by atoms with E-state index in [0.29, 0.717) is 19.8 Å². The number of benzene rings is 1. The minimum absolute atomic E-state index is 0.238. The van der Waals surface area contributed by atoms with Crippen LogP contribution >= 0.6 is 0 Å². The molecule has 2 N–H and O–H groups in total. The molecule has 3 nitrogen and oxygen atoms in total. The molecule has 112 valence electrons. The number of rotatable bonds is 5. The van der Waals surface area contributed by atoms with Gasteiger partial charge in [-0.2, -0.15) is 0 Å². The van der Waals surface area contributed by atoms with E-state index in [-0.39, 0.29) is 11.5 Å². The van der Waals surface area contributed by atoms with E-state index in [9.17, 15) is 5.11 Å². The lowest BCUT2D eigenvalue weighted by atomic mass is 9.85. The molecule has 0 saturated carbocycles. The quantitative estimate of drug-likeness (QED) is 0.869. The molecule has 1 aliphatic heterocycles. The monoisotopic (exact) mass is 277 g/mol. The zero-order valence-corrected chi connectivity index (χ0v) is 12.9. The summed E-state index contributed by atoms with van der Waals surface area (Å²) in [6.45, 7) is 8.43. The van der Waals surface area contributed by atoms with Gasteiger partial charge in [0.1, 0.15) is 5.60 Å². The zero-order valence-electron chi connectivity index (χ0n) is 12.9. The standard InChI is InChI=1S/C17H27NO2/c1-16(2,3)11-15(14-7-5-4-6-8-14)18-12-17(19)9-10-20-13-17/h4-8,15,18-19H,9-13H2,1-3H3. The molecule has 0 bridgehead atoms. The molecule has 2 unspecified atom stereocenters. The highest BCUT2D eigenvalue weighted by molar-refractivity contribution is 5.19. The largest absolute Gasteiger partial charge is 0.386 e. The highest BCUT2D eigenvalue weighted by atomic mass is 16.5. The smallest absolute Gasteiger partial charge is 0.103 e. The van der Waals surface area contributed by atoms with Crippen LogP contribution in [0, 0.1) is 5.41 Å². The van der Waals surface area contributed by atoms with Crippen LogP contribution in [0.25, 0.3) is 0 Å². The van der Waals surface area contributed by atoms with Crippen molar-refractivity contribution < 1.29 is 9.84 Å². The predicted octanol–water partition coefficient (Wildman–Crippen LogP) is 2.90. The Morgan fingerprint density at radius 2 is 2.00 bits per heavy atom. The van der Waals surface area contributed by atoms with E-state index >= 15 is 0 Å². The van der Waals surface area contributed by atoms with Gasteiger partial charge in [0, 0.05) is 25.6 Å². The maximum absolute atomic E-state index is 10.4. The topological polar surface area (TPSA) is 41.5 Å². The summed E-state index contributed by atoms with van der Waals surface area (Å²) in [6, 6.07) is 10.7. The molecule has 1 heterocycles. The highest BCUT2D eigenvalue weighted by Gasteiger charge is 2.33. The number of hydrogen-bond donors (Lipinski definition) is 2. The second-order valence-electron chi connectivity index (χ2n) is 7.14. The third kappa shape index (κ3) is 4.58. The molecule has 1 saturated heterocycles. The Labute approximate surface area is 122 Å². The fourth-order valence-corrected chi connectivity index (χ4v) is 2.65. The molecule has 0 aliphatic carbocycles. The first-order valence-corrected chi connectivity index (χ1v) is 7.47. The van der Waals surface area contributed by atoms with E-state index in [2.05, 4.69) is 50.4 Å². The minimum Gasteiger partial charge on any atom is -0.386 e. The van der Waals surface area contributed by atoms with Crippen LogP contribution in [-0.4, -0.2) is 30.5 Å². The summed E-state index contributed by atoms with van der Waals surface area (Å²) in [6.07, 6.45) is 1.75. The van der Waals surface area contributed by atoms with Crippen molar-refractivity contribution in [3.05, 3.63) is 35.9 Å². The molecular weight excluding hydrogens is 250 g/mol. The summed E-state index contributed by atoms with van der Waals surface area (Å²) in [5, 5.41) is 13.9. The van der Waals surface area contributed by atoms with E-state index < -0.39 is 5.60 Å². The maximum atomic E-state index is 10.4. The summed E-state index contributed by atoms with van der Waals surface area (Å²) in [4.78, 5) is 0. The van der Waals surface area contributed by atoms with Gasteiger partial charge in [-0.15, -0.1) is 0 Å². The number of aliphatic hydroxyl groups is 1. The van der Waals surface area contributed by atoms with Crippen LogP contribution in [0.3, 0.4) is 0 Å². The Hall–Kier alpha value is -0.900. The molecule has 1 aromatic carbocycles. The molecule has 1 aromatic rings. The Kier molecular flexibility index (Phi) is 4.84. The minimum atomic E-state index is -0.703. The Morgan fingerprint density at radius 3 is 2.55 bits per heavy atom. The van der Waals surface area contributed by atoms with Gasteiger partial charge in [0.15, 0.2) is 0 Å². The van der Waals surface area contributed by atoms with Gasteiger partial charge in [-0.05, 0) is 17.4 Å². The molecule has 0 spiro atoms. The molecule has 1 aliphatic rings. The van der Waals surface area contributed by atoms with Crippen molar-refractivity contribution in [2.45, 2.75) is 45.3 Å². The molecule has 0 amide bonds. The molecule has 0 aromatic heterocycles. The van der Waals surface area contributed by atoms with Gasteiger partial charge in [0.25, 0.3) is 0 Å². The Balaban J connectivity index is 2.03. The fourth-order valence-electron chi connectivity index (χ4n) is 2.65. The van der Waals surface area contributed by atoms with Crippen LogP contribution in [-0.2, 0) is 4.74 Å². The van der Waals surface area contributed by atoms with E-state index in [1.54, 1.807) is 0 Å². The molecule has 2 atom stereocenters. The second kappa shape index (κ2) is 6.25. The summed E-state index contributed by atoms with van der Waals surface area (Å²) in [7, 11) is 0. The molecule has 3 heteroatoms. The summed E-state index contributed by atoms with van der Waals surface area (Å²) in [5.41, 5.74) is 0.817. The normalized spacial score (nSPS) is 24.8. The molecule has 2 rings (SSSR count). The molecular formula is C17H27NO2. The third-order valence-electron chi connectivity index (χ3n) is 3.78. The lowest BCUT2D eigenvalue weighted by Gasteiger charge is -2.30. The first kappa shape index (κ1) is 15.5. The van der Waals surface area contributed by atoms with Crippen molar-refractivity contribution in [2.24, 2.45) is 5.41 Å². The number of nitrogens with one attached hydrogen (secondary N) is 1. The lowest BCUT2D eigenvalue weighted by molar-refractivity contribution is 0.0236. The second-order valence-corrected chi connectivity index (χ2v) is 7.14. The Morgan fingerprint density at radius 1 is 1.30 bits per heavy atom. The number of hydrogen-bond acceptors (Lipinski definition) is 3. The molecule has 0 radical (unpaired) electrons. The van der Waals surface area contributed by atoms with Gasteiger partial charge in [0.2, 0.25) is 0 Å². The predicted molar refractivity (Wildman–Crippen MR) is 81.6 cm³/mol. The maximum Gasteiger partial charge on any atom is 0.103 e. The fraction of sp³-hybridized carbons (Fsp3) is 0.647. The van der Waals surface area contributed by atoms with Gasteiger partial charge >= 0.3 is 0 Å². The van der Waals surface area contributed by atoms with Gasteiger partial charge in [-0.1, -0.05) is 51.1 Å². The van der Waals surface area contributed by atoms with Crippen molar-refractivity contribution in [3.63, 3.8) is 0 Å². The first-order chi connectivity index (χ1) is 9.38. The lowest BCUT2D eigenvalue weighted by Crippen LogP contribution is -2.43. The van der Waals surface area contributed by atoms with Crippen LogP contribution in [0.5, 0.6) is 0 Å². The van der Waals surface area contributed by atoms with Crippen LogP contribution in [0.15, 0.2) is 30.3 Å². The van der Waals surface area contributed by atoms with Crippen molar-refractivity contribution in [2.75, 3.05) is 19.8 Å². The SMILES string of the molecule is CC(C)(C)CC(NCC1(O)CCOC1)c1ccccc1. The highest BCUT2D eigenvalue weighted by Crippen LogP contribution is 2.30. The van der Waals surface area contributed by atoms with Crippen molar-refractivity contribution in [1.29, 1.82) is 0 Å². The average Bonchev–Trinajstić information content (AvgIpc) is 2.82. The summed E-state index contributed by atoms with van der Waals surface area (Å²) < 4.78 is 5.31. The van der Waals surface area contributed by atoms with Crippen LogP contribution < -0.4 is 5.32 Å². The van der Waals surface area contributed by atoms with Crippen molar-refractivity contribution in [3.8, 4) is 0 Å². The van der Waals surface area contributed by atoms with Gasteiger partial charge in [-0.3, -0.25) is 0 Å². The molecule has 20 heavy (non-hydrogen) atoms. The van der Waals surface area contributed by atoms with E-state index in [0.717, 1.165) is 12.8 Å². The van der Waals surface area contributed by atoms with Crippen molar-refractivity contribution in [1.82, 2.24) is 5.32 Å². The average molecular weight is 277 g/mol. The molecule has 1 fully saturated rings. The van der Waals surface area contributed by atoms with E-state index in [1.165, 1.54) is 5.56 Å². The van der Waals surface area contributed by atoms with Gasteiger partial charge in [-0.25, -0.2) is 0 Å². The van der Waals surface area contributed by atoms with Crippen LogP contribution in [0.1, 0.15) is 45.2 Å². The first-order valence-electron chi connectivity index (χ1n) is 7.47. The number of ether oxygens (including phenoxy) is 1. The van der Waals surface area contributed by atoms with E-state index in [1.807, 2.05) is 6.07 Å². The van der Waals surface area contributed by atoms with Gasteiger partial charge in [0.05, 0.1) is 6.61 Å². The van der Waals surface area contributed by atoms with Crippen molar-refractivity contribution >= 4 is 0 Å². The van der Waals surface area contributed by atoms with Crippen LogP contribution in [0.4, 0.5) is 0 Å².